The number of hydrogen-bond donors (Lipinski definition) is 2. The Bertz CT molecular complexity index is 1440. The van der Waals surface area contributed by atoms with Gasteiger partial charge in [0.15, 0.2) is 23.0 Å². The fourth-order valence-electron chi connectivity index (χ4n) is 6.84. The summed E-state index contributed by atoms with van der Waals surface area (Å²) in [7, 11) is 6.25. The first kappa shape index (κ1) is 31.9. The molecule has 45 heavy (non-hydrogen) atoms. The third-order valence-corrected chi connectivity index (χ3v) is 9.16. The number of likely N-dealkylation sites (tertiary alicyclic amines) is 1. The Balaban J connectivity index is 1.33. The van der Waals surface area contributed by atoms with E-state index in [2.05, 4.69) is 5.32 Å². The van der Waals surface area contributed by atoms with E-state index in [0.717, 1.165) is 42.5 Å². The maximum absolute atomic E-state index is 13.8. The number of hydrogen-bond acceptors (Lipinski definition) is 8. The molecule has 2 aromatic carbocycles. The minimum Gasteiger partial charge on any atom is -0.493 e. The Kier molecular flexibility index (Phi) is 9.99. The van der Waals surface area contributed by atoms with Crippen molar-refractivity contribution in [3.05, 3.63) is 47.5 Å². The van der Waals surface area contributed by atoms with Crippen molar-refractivity contribution in [2.75, 3.05) is 41.5 Å². The predicted molar refractivity (Wildman–Crippen MR) is 166 cm³/mol. The Labute approximate surface area is 263 Å². The Hall–Kier alpha value is -4.48. The molecule has 5 rings (SSSR count). The van der Waals surface area contributed by atoms with Crippen LogP contribution in [0.5, 0.6) is 23.0 Å². The molecule has 2 aromatic rings. The van der Waals surface area contributed by atoms with Crippen molar-refractivity contribution in [2.24, 2.45) is 16.9 Å². The molecule has 2 N–H and O–H groups in total. The highest BCUT2D eigenvalue weighted by Gasteiger charge is 2.44. The highest BCUT2D eigenvalue weighted by molar-refractivity contribution is 6.07. The van der Waals surface area contributed by atoms with Crippen molar-refractivity contribution < 1.29 is 38.4 Å². The van der Waals surface area contributed by atoms with Crippen LogP contribution in [0, 0.1) is 11.8 Å². The number of carboxylic acid groups (broad SMARTS) is 1. The van der Waals surface area contributed by atoms with Crippen LogP contribution in [0.3, 0.4) is 0 Å². The minimum atomic E-state index is -1.28. The molecule has 3 amide bonds. The Morgan fingerprint density at radius 2 is 1.47 bits per heavy atom. The van der Waals surface area contributed by atoms with Gasteiger partial charge in [-0.3, -0.25) is 9.59 Å². The van der Waals surface area contributed by atoms with Gasteiger partial charge in [0.1, 0.15) is 6.04 Å². The first-order valence-corrected chi connectivity index (χ1v) is 15.4. The molecule has 0 aromatic heterocycles. The molecular formula is C33H42N4O8. The lowest BCUT2D eigenvalue weighted by atomic mass is 9.73. The molecule has 3 aliphatic rings. The third-order valence-electron chi connectivity index (χ3n) is 9.16. The van der Waals surface area contributed by atoms with Crippen LogP contribution in [-0.4, -0.2) is 92.2 Å². The van der Waals surface area contributed by atoms with Gasteiger partial charge in [0, 0.05) is 36.9 Å². The maximum Gasteiger partial charge on any atom is 0.405 e. The van der Waals surface area contributed by atoms with E-state index in [1.807, 2.05) is 18.2 Å². The number of amides is 3. The van der Waals surface area contributed by atoms with Crippen molar-refractivity contribution in [3.63, 3.8) is 0 Å². The van der Waals surface area contributed by atoms with Crippen LogP contribution in [0.15, 0.2) is 41.5 Å². The molecule has 1 saturated heterocycles. The molecule has 2 fully saturated rings. The van der Waals surface area contributed by atoms with Crippen LogP contribution in [-0.2, 0) is 16.0 Å². The summed E-state index contributed by atoms with van der Waals surface area (Å²) in [5, 5.41) is 18.6. The number of fused-ring (bicyclic) bond motifs is 1. The van der Waals surface area contributed by atoms with Crippen LogP contribution in [0.2, 0.25) is 0 Å². The van der Waals surface area contributed by atoms with Crippen LogP contribution >= 0.6 is 0 Å². The number of methoxy groups -OCH3 is 4. The molecular weight excluding hydrogens is 580 g/mol. The number of rotatable bonds is 10. The second kappa shape index (κ2) is 14.1. The normalized spacial score (nSPS) is 20.9. The quantitative estimate of drug-likeness (QED) is 0.406. The van der Waals surface area contributed by atoms with Gasteiger partial charge in [0.05, 0.1) is 40.2 Å². The van der Waals surface area contributed by atoms with Crippen LogP contribution in [0.4, 0.5) is 4.79 Å². The molecule has 0 spiro atoms. The lowest BCUT2D eigenvalue weighted by Crippen LogP contribution is -2.55. The van der Waals surface area contributed by atoms with E-state index in [9.17, 15) is 19.5 Å². The first-order chi connectivity index (χ1) is 21.8. The summed E-state index contributed by atoms with van der Waals surface area (Å²) in [5.41, 5.74) is 2.53. The van der Waals surface area contributed by atoms with E-state index < -0.39 is 12.1 Å². The van der Waals surface area contributed by atoms with E-state index in [1.165, 1.54) is 14.2 Å². The second-order valence-electron chi connectivity index (χ2n) is 11.7. The zero-order chi connectivity index (χ0) is 32.1. The van der Waals surface area contributed by atoms with Crippen molar-refractivity contribution in [2.45, 2.75) is 57.0 Å². The van der Waals surface area contributed by atoms with E-state index in [1.54, 1.807) is 42.3 Å². The van der Waals surface area contributed by atoms with Gasteiger partial charge >= 0.3 is 6.09 Å². The van der Waals surface area contributed by atoms with E-state index in [-0.39, 0.29) is 36.1 Å². The van der Waals surface area contributed by atoms with Gasteiger partial charge in [0.25, 0.3) is 0 Å². The number of nitrogens with one attached hydrogen (secondary N) is 1. The standard InChI is InChI=1S/C33H42N4O8/c1-42-26-11-9-20(18-28(26)44-3)17-25(34-33(40)41)32(39)36-15-13-22(14-16-36)37-31(38)24-8-6-5-7-23(24)30(35-37)21-10-12-27(43-2)29(19-21)45-4/h9-12,18-19,22-25,34H,5-8,13-17H2,1-4H3,(H,40,41)/t23-,24+,25-/m0/s1. The molecule has 2 heterocycles. The van der Waals surface area contributed by atoms with Crippen LogP contribution < -0.4 is 24.3 Å². The number of benzene rings is 2. The van der Waals surface area contributed by atoms with Gasteiger partial charge < -0.3 is 34.3 Å². The van der Waals surface area contributed by atoms with Crippen molar-refractivity contribution in [3.8, 4) is 23.0 Å². The number of carbonyl (C=O) groups is 3. The summed E-state index contributed by atoms with van der Waals surface area (Å²) in [4.78, 5) is 40.7. The van der Waals surface area contributed by atoms with Gasteiger partial charge in [0.2, 0.25) is 11.8 Å². The zero-order valence-electron chi connectivity index (χ0n) is 26.3. The molecule has 0 unspecified atom stereocenters. The van der Waals surface area contributed by atoms with Gasteiger partial charge in [-0.1, -0.05) is 18.9 Å². The maximum atomic E-state index is 13.8. The summed E-state index contributed by atoms with van der Waals surface area (Å²) in [6, 6.07) is 9.85. The highest BCUT2D eigenvalue weighted by atomic mass is 16.5. The summed E-state index contributed by atoms with van der Waals surface area (Å²) in [6.45, 7) is 0.763. The minimum absolute atomic E-state index is 0.0432. The zero-order valence-corrected chi connectivity index (χ0v) is 26.3. The number of hydrazone groups is 1. The Morgan fingerprint density at radius 3 is 2.09 bits per heavy atom. The van der Waals surface area contributed by atoms with Gasteiger partial charge in [-0.15, -0.1) is 0 Å². The smallest absolute Gasteiger partial charge is 0.405 e. The molecule has 0 bridgehead atoms. The van der Waals surface area contributed by atoms with Crippen LogP contribution in [0.25, 0.3) is 0 Å². The SMILES string of the molecule is COc1ccc(C[C@H](NC(=O)O)C(=O)N2CCC(N3N=C(c4ccc(OC)c(OC)c4)[C@H]4CCCC[C@H]4C3=O)CC2)cc1OC. The van der Waals surface area contributed by atoms with E-state index in [0.29, 0.717) is 48.9 Å². The van der Waals surface area contributed by atoms with Crippen molar-refractivity contribution >= 4 is 23.6 Å². The van der Waals surface area contributed by atoms with Gasteiger partial charge in [-0.05, 0) is 61.6 Å². The molecule has 12 nitrogen and oxygen atoms in total. The lowest BCUT2D eigenvalue weighted by molar-refractivity contribution is -0.143. The fourth-order valence-corrected chi connectivity index (χ4v) is 6.84. The molecule has 242 valence electrons. The molecule has 0 radical (unpaired) electrons. The second-order valence-corrected chi connectivity index (χ2v) is 11.7. The molecule has 1 saturated carbocycles. The Morgan fingerprint density at radius 1 is 0.867 bits per heavy atom. The van der Waals surface area contributed by atoms with Gasteiger partial charge in [-0.25, -0.2) is 9.80 Å². The van der Waals surface area contributed by atoms with Crippen molar-refractivity contribution in [1.82, 2.24) is 15.2 Å². The molecule has 3 atom stereocenters. The number of nitrogens with zero attached hydrogens (tertiary/aromatic N) is 3. The monoisotopic (exact) mass is 622 g/mol. The molecule has 1 aliphatic carbocycles. The fraction of sp³-hybridized carbons (Fsp3) is 0.515. The molecule has 12 heteroatoms. The summed E-state index contributed by atoms with van der Waals surface area (Å²) >= 11 is 0. The van der Waals surface area contributed by atoms with Gasteiger partial charge in [-0.2, -0.15) is 5.10 Å². The topological polar surface area (TPSA) is 139 Å². The highest BCUT2D eigenvalue weighted by Crippen LogP contribution is 2.40. The van der Waals surface area contributed by atoms with E-state index >= 15 is 0 Å². The number of piperidine rings is 1. The van der Waals surface area contributed by atoms with Crippen molar-refractivity contribution in [1.29, 1.82) is 0 Å². The largest absolute Gasteiger partial charge is 0.493 e. The number of carbonyl (C=O) groups excluding carboxylic acids is 2. The van der Waals surface area contributed by atoms with Crippen LogP contribution in [0.1, 0.15) is 49.7 Å². The average molecular weight is 623 g/mol. The average Bonchev–Trinajstić information content (AvgIpc) is 3.07. The first-order valence-electron chi connectivity index (χ1n) is 15.4. The summed E-state index contributed by atoms with van der Waals surface area (Å²) < 4.78 is 21.7. The third kappa shape index (κ3) is 6.79. The molecule has 2 aliphatic heterocycles. The lowest BCUT2D eigenvalue weighted by Gasteiger charge is -2.43. The summed E-state index contributed by atoms with van der Waals surface area (Å²) in [6.07, 6.45) is 3.73. The number of ether oxygens (including phenoxy) is 4. The van der Waals surface area contributed by atoms with E-state index in [4.69, 9.17) is 24.0 Å². The summed E-state index contributed by atoms with van der Waals surface area (Å²) in [5.74, 6) is 1.93. The predicted octanol–water partition coefficient (Wildman–Crippen LogP) is 3.94.